The van der Waals surface area contributed by atoms with Crippen LogP contribution in [0.1, 0.15) is 24.3 Å². The van der Waals surface area contributed by atoms with Gasteiger partial charge in [-0.3, -0.25) is 0 Å². The van der Waals surface area contributed by atoms with Gasteiger partial charge < -0.3 is 9.47 Å². The number of carbonyl (C=O) groups is 1. The van der Waals surface area contributed by atoms with Crippen molar-refractivity contribution in [2.75, 3.05) is 7.11 Å². The Morgan fingerprint density at radius 1 is 1.15 bits per heavy atom. The van der Waals surface area contributed by atoms with Crippen LogP contribution in [0, 0.1) is 0 Å². The van der Waals surface area contributed by atoms with E-state index in [0.29, 0.717) is 5.69 Å². The maximum Gasteiger partial charge on any atom is 0.432 e. The van der Waals surface area contributed by atoms with Gasteiger partial charge in [0.25, 0.3) is 11.4 Å². The van der Waals surface area contributed by atoms with Crippen molar-refractivity contribution in [1.82, 2.24) is 19.6 Å². The topological polar surface area (TPSA) is 78.6 Å². The third-order valence-corrected chi connectivity index (χ3v) is 4.08. The fourth-order valence-corrected chi connectivity index (χ4v) is 2.76. The minimum absolute atomic E-state index is 0.229. The summed E-state index contributed by atoms with van der Waals surface area (Å²) in [4.78, 5) is 20.5. The maximum atomic E-state index is 13.9. The predicted octanol–water partition coefficient (Wildman–Crippen LogP) is 2.83. The number of carbonyl (C=O) groups excluding carboxylic acids is 1. The zero-order valence-corrected chi connectivity index (χ0v) is 14.3. The van der Waals surface area contributed by atoms with Crippen molar-refractivity contribution >= 4 is 11.7 Å². The molecule has 2 aromatic heterocycles. The van der Waals surface area contributed by atoms with Gasteiger partial charge in [0.05, 0.1) is 5.69 Å². The molecule has 0 aliphatic rings. The molecule has 0 spiro atoms. The van der Waals surface area contributed by atoms with E-state index in [4.69, 9.17) is 9.47 Å². The molecule has 27 heavy (non-hydrogen) atoms. The number of aromatic nitrogens is 4. The molecule has 2 unspecified atom stereocenters. The van der Waals surface area contributed by atoms with Crippen LogP contribution in [0.2, 0.25) is 0 Å². The van der Waals surface area contributed by atoms with Crippen molar-refractivity contribution in [3.63, 3.8) is 0 Å². The number of nitrogens with zero attached hydrogens (tertiary/aromatic N) is 4. The standard InChI is InChI=1S/C17H15F3N4O3/c1-11(13-8-9-21-15-22-10-23-24(13)15)27-14(25)16(26-2,17(18,19)20)12-6-4-3-5-7-12/h3-11H,1-2H3. The minimum Gasteiger partial charge on any atom is -0.453 e. The highest BCUT2D eigenvalue weighted by Gasteiger charge is 2.64. The lowest BCUT2D eigenvalue weighted by atomic mass is 9.92. The molecule has 0 bridgehead atoms. The van der Waals surface area contributed by atoms with Gasteiger partial charge in [-0.2, -0.15) is 27.8 Å². The first-order valence-corrected chi connectivity index (χ1v) is 7.84. The van der Waals surface area contributed by atoms with Crippen LogP contribution in [0.15, 0.2) is 48.9 Å². The van der Waals surface area contributed by atoms with Gasteiger partial charge in [0.1, 0.15) is 12.4 Å². The molecule has 10 heteroatoms. The molecule has 0 amide bonds. The smallest absolute Gasteiger partial charge is 0.432 e. The first-order chi connectivity index (χ1) is 12.8. The van der Waals surface area contributed by atoms with Crippen LogP contribution >= 0.6 is 0 Å². The number of benzene rings is 1. The summed E-state index contributed by atoms with van der Waals surface area (Å²) in [6.45, 7) is 1.43. The molecule has 0 N–H and O–H groups in total. The van der Waals surface area contributed by atoms with Crippen molar-refractivity contribution in [2.24, 2.45) is 0 Å². The molecule has 0 aliphatic carbocycles. The zero-order valence-electron chi connectivity index (χ0n) is 14.3. The van der Waals surface area contributed by atoms with E-state index in [1.54, 1.807) is 0 Å². The minimum atomic E-state index is -5.04. The Morgan fingerprint density at radius 2 is 1.85 bits per heavy atom. The van der Waals surface area contributed by atoms with Crippen molar-refractivity contribution in [3.8, 4) is 0 Å². The predicted molar refractivity (Wildman–Crippen MR) is 86.5 cm³/mol. The van der Waals surface area contributed by atoms with Crippen LogP contribution in [0.5, 0.6) is 0 Å². The summed E-state index contributed by atoms with van der Waals surface area (Å²) in [5.74, 6) is -1.35. The first kappa shape index (κ1) is 18.8. The molecule has 142 valence electrons. The van der Waals surface area contributed by atoms with E-state index in [0.717, 1.165) is 19.2 Å². The molecule has 0 radical (unpaired) electrons. The molecule has 0 fully saturated rings. The summed E-state index contributed by atoms with van der Waals surface area (Å²) in [6.07, 6.45) is -3.47. The highest BCUT2D eigenvalue weighted by atomic mass is 19.4. The molecule has 3 aromatic rings. The summed E-state index contributed by atoms with van der Waals surface area (Å²) in [5, 5.41) is 3.93. The van der Waals surface area contributed by atoms with E-state index in [2.05, 4.69) is 15.1 Å². The van der Waals surface area contributed by atoms with E-state index in [-0.39, 0.29) is 11.3 Å². The lowest BCUT2D eigenvalue weighted by molar-refractivity contribution is -0.278. The number of methoxy groups -OCH3 is 1. The fraction of sp³-hybridized carbons (Fsp3) is 0.294. The van der Waals surface area contributed by atoms with E-state index in [1.165, 1.54) is 48.2 Å². The van der Waals surface area contributed by atoms with E-state index in [9.17, 15) is 18.0 Å². The van der Waals surface area contributed by atoms with Crippen molar-refractivity contribution in [1.29, 1.82) is 0 Å². The molecule has 3 rings (SSSR count). The molecule has 2 heterocycles. The molecular weight excluding hydrogens is 365 g/mol. The summed E-state index contributed by atoms with van der Waals surface area (Å²) in [5.41, 5.74) is -3.32. The average molecular weight is 380 g/mol. The first-order valence-electron chi connectivity index (χ1n) is 7.84. The van der Waals surface area contributed by atoms with Gasteiger partial charge in [0, 0.05) is 18.9 Å². The van der Waals surface area contributed by atoms with E-state index < -0.39 is 23.9 Å². The SMILES string of the molecule is COC(C(=O)OC(C)c1ccnc2ncnn12)(c1ccccc1)C(F)(F)F. The lowest BCUT2D eigenvalue weighted by Crippen LogP contribution is -2.51. The van der Waals surface area contributed by atoms with Crippen LogP contribution in [-0.4, -0.2) is 38.8 Å². The van der Waals surface area contributed by atoms with Gasteiger partial charge in [0.15, 0.2) is 0 Å². The van der Waals surface area contributed by atoms with Crippen molar-refractivity contribution in [3.05, 3.63) is 60.2 Å². The fourth-order valence-electron chi connectivity index (χ4n) is 2.76. The van der Waals surface area contributed by atoms with Gasteiger partial charge in [0.2, 0.25) is 0 Å². The number of esters is 1. The summed E-state index contributed by atoms with van der Waals surface area (Å²) in [7, 11) is 0.814. The summed E-state index contributed by atoms with van der Waals surface area (Å²) < 4.78 is 52.9. The number of fused-ring (bicyclic) bond motifs is 1. The second-order valence-electron chi connectivity index (χ2n) is 5.64. The number of rotatable bonds is 5. The number of halogens is 3. The van der Waals surface area contributed by atoms with Crippen molar-refractivity contribution < 1.29 is 27.4 Å². The molecule has 0 saturated heterocycles. The maximum absolute atomic E-state index is 13.9. The third kappa shape index (κ3) is 3.12. The summed E-state index contributed by atoms with van der Waals surface area (Å²) >= 11 is 0. The number of ether oxygens (including phenoxy) is 2. The van der Waals surface area contributed by atoms with Crippen molar-refractivity contribution in [2.45, 2.75) is 24.8 Å². The molecule has 7 nitrogen and oxygen atoms in total. The monoisotopic (exact) mass is 380 g/mol. The number of alkyl halides is 3. The Morgan fingerprint density at radius 3 is 2.48 bits per heavy atom. The van der Waals surface area contributed by atoms with Crippen LogP contribution in [-0.2, 0) is 19.9 Å². The molecule has 2 atom stereocenters. The molecular formula is C17H15F3N4O3. The Balaban J connectivity index is 1.99. The van der Waals surface area contributed by atoms with Crippen LogP contribution in [0.25, 0.3) is 5.78 Å². The number of hydrogen-bond donors (Lipinski definition) is 0. The second-order valence-corrected chi connectivity index (χ2v) is 5.64. The molecule has 0 aliphatic heterocycles. The van der Waals surface area contributed by atoms with E-state index in [1.807, 2.05) is 0 Å². The third-order valence-electron chi connectivity index (χ3n) is 4.08. The van der Waals surface area contributed by atoms with Crippen LogP contribution in [0.3, 0.4) is 0 Å². The van der Waals surface area contributed by atoms with Gasteiger partial charge in [-0.25, -0.2) is 9.78 Å². The zero-order chi connectivity index (χ0) is 19.7. The molecule has 1 aromatic carbocycles. The molecule has 0 saturated carbocycles. The Bertz CT molecular complexity index is 945. The van der Waals surface area contributed by atoms with Crippen LogP contribution < -0.4 is 0 Å². The van der Waals surface area contributed by atoms with Gasteiger partial charge in [-0.15, -0.1) is 0 Å². The Labute approximate surface area is 151 Å². The normalized spacial score (nSPS) is 15.3. The Hall–Kier alpha value is -3.01. The average Bonchev–Trinajstić information content (AvgIpc) is 3.11. The Kier molecular flexibility index (Phi) is 4.83. The summed E-state index contributed by atoms with van der Waals surface area (Å²) in [6, 6.07) is 8.09. The quantitative estimate of drug-likeness (QED) is 0.634. The second kappa shape index (κ2) is 6.95. The van der Waals surface area contributed by atoms with Gasteiger partial charge in [-0.1, -0.05) is 30.3 Å². The van der Waals surface area contributed by atoms with Gasteiger partial charge in [-0.05, 0) is 13.0 Å². The van der Waals surface area contributed by atoms with E-state index >= 15 is 0 Å². The highest BCUT2D eigenvalue weighted by Crippen LogP contribution is 2.43. The largest absolute Gasteiger partial charge is 0.453 e. The highest BCUT2D eigenvalue weighted by molar-refractivity contribution is 5.83. The van der Waals surface area contributed by atoms with Crippen LogP contribution in [0.4, 0.5) is 13.2 Å². The lowest BCUT2D eigenvalue weighted by Gasteiger charge is -2.33. The van der Waals surface area contributed by atoms with Gasteiger partial charge >= 0.3 is 12.1 Å². The number of hydrogen-bond acceptors (Lipinski definition) is 6.